The van der Waals surface area contributed by atoms with Gasteiger partial charge in [-0.05, 0) is 49.0 Å². The molecule has 2 nitrogen and oxygen atoms in total. The van der Waals surface area contributed by atoms with Crippen molar-refractivity contribution in [2.75, 3.05) is 7.05 Å². The van der Waals surface area contributed by atoms with E-state index in [4.69, 9.17) is 4.74 Å². The Labute approximate surface area is 132 Å². The highest BCUT2D eigenvalue weighted by atomic mass is 79.9. The van der Waals surface area contributed by atoms with Gasteiger partial charge in [0.15, 0.2) is 0 Å². The first-order valence-electron chi connectivity index (χ1n) is 6.78. The second kappa shape index (κ2) is 5.51. The molecule has 2 aromatic rings. The van der Waals surface area contributed by atoms with Crippen LogP contribution in [-0.4, -0.2) is 7.05 Å². The van der Waals surface area contributed by atoms with Crippen LogP contribution in [0.2, 0.25) is 0 Å². The number of thiophene rings is 1. The summed E-state index contributed by atoms with van der Waals surface area (Å²) in [6.45, 7) is 4.26. The maximum Gasteiger partial charge on any atom is 0.135 e. The zero-order valence-corrected chi connectivity index (χ0v) is 14.3. The normalized spacial score (nSPS) is 21.4. The smallest absolute Gasteiger partial charge is 0.135 e. The number of rotatable bonds is 2. The minimum atomic E-state index is 0.137. The molecule has 0 amide bonds. The van der Waals surface area contributed by atoms with Gasteiger partial charge in [-0.2, -0.15) is 0 Å². The Morgan fingerprint density at radius 2 is 2.10 bits per heavy atom. The molecule has 2 atom stereocenters. The van der Waals surface area contributed by atoms with Crippen LogP contribution in [0.4, 0.5) is 0 Å². The van der Waals surface area contributed by atoms with Gasteiger partial charge in [0.1, 0.15) is 11.9 Å². The molecule has 106 valence electrons. The summed E-state index contributed by atoms with van der Waals surface area (Å²) in [6, 6.07) is 8.98. The Kier molecular flexibility index (Phi) is 3.89. The van der Waals surface area contributed by atoms with Crippen LogP contribution in [-0.2, 0) is 0 Å². The first-order chi connectivity index (χ1) is 9.58. The summed E-state index contributed by atoms with van der Waals surface area (Å²) in [4.78, 5) is 2.60. The predicted molar refractivity (Wildman–Crippen MR) is 87.7 cm³/mol. The van der Waals surface area contributed by atoms with Crippen molar-refractivity contribution in [1.82, 2.24) is 5.32 Å². The molecule has 2 heterocycles. The van der Waals surface area contributed by atoms with E-state index in [0.717, 1.165) is 12.2 Å². The summed E-state index contributed by atoms with van der Waals surface area (Å²) in [5.41, 5.74) is 2.55. The zero-order chi connectivity index (χ0) is 14.3. The van der Waals surface area contributed by atoms with Gasteiger partial charge >= 0.3 is 0 Å². The number of nitrogens with one attached hydrogen (secondary N) is 1. The van der Waals surface area contributed by atoms with Gasteiger partial charge in [0, 0.05) is 32.3 Å². The largest absolute Gasteiger partial charge is 0.484 e. The van der Waals surface area contributed by atoms with Crippen molar-refractivity contribution in [1.29, 1.82) is 0 Å². The third-order valence-electron chi connectivity index (χ3n) is 3.80. The lowest BCUT2D eigenvalue weighted by Crippen LogP contribution is -2.26. The number of aryl methyl sites for hydroxylation is 2. The van der Waals surface area contributed by atoms with E-state index in [1.165, 1.54) is 25.4 Å². The fraction of sp³-hybridized carbons (Fsp3) is 0.375. The summed E-state index contributed by atoms with van der Waals surface area (Å²) in [5.74, 6) is 1.01. The average Bonchev–Trinajstić information content (AvgIpc) is 2.77. The zero-order valence-electron chi connectivity index (χ0n) is 11.9. The van der Waals surface area contributed by atoms with Gasteiger partial charge in [0.25, 0.3) is 0 Å². The van der Waals surface area contributed by atoms with Crippen molar-refractivity contribution < 1.29 is 4.74 Å². The molecular formula is C16H18BrNOS. The van der Waals surface area contributed by atoms with Crippen molar-refractivity contribution in [2.45, 2.75) is 32.4 Å². The number of hydrogen-bond donors (Lipinski definition) is 1. The van der Waals surface area contributed by atoms with Crippen molar-refractivity contribution in [3.05, 3.63) is 49.6 Å². The molecule has 0 saturated heterocycles. The van der Waals surface area contributed by atoms with E-state index < -0.39 is 0 Å². The highest BCUT2D eigenvalue weighted by Gasteiger charge is 2.29. The number of fused-ring (bicyclic) bond motifs is 1. The number of ether oxygens (including phenoxy) is 1. The van der Waals surface area contributed by atoms with Gasteiger partial charge in [0.05, 0.1) is 0 Å². The Morgan fingerprint density at radius 3 is 2.75 bits per heavy atom. The Bertz CT molecular complexity index is 618. The van der Waals surface area contributed by atoms with E-state index in [9.17, 15) is 0 Å². The lowest BCUT2D eigenvalue weighted by molar-refractivity contribution is 0.157. The summed E-state index contributed by atoms with van der Waals surface area (Å²) in [7, 11) is 2.02. The van der Waals surface area contributed by atoms with Gasteiger partial charge < -0.3 is 10.1 Å². The first-order valence-corrected chi connectivity index (χ1v) is 8.39. The molecule has 0 saturated carbocycles. The van der Waals surface area contributed by atoms with E-state index in [1.54, 1.807) is 0 Å². The van der Waals surface area contributed by atoms with E-state index in [0.29, 0.717) is 6.04 Å². The molecule has 0 aliphatic carbocycles. The molecule has 0 radical (unpaired) electrons. The van der Waals surface area contributed by atoms with E-state index >= 15 is 0 Å². The van der Waals surface area contributed by atoms with Gasteiger partial charge in [0.2, 0.25) is 0 Å². The highest BCUT2D eigenvalue weighted by molar-refractivity contribution is 9.10. The predicted octanol–water partition coefficient (Wildman–Crippen LogP) is 4.91. The van der Waals surface area contributed by atoms with Gasteiger partial charge in [-0.3, -0.25) is 0 Å². The second-order valence-electron chi connectivity index (χ2n) is 5.28. The Hall–Kier alpha value is -0.840. The van der Waals surface area contributed by atoms with Crippen LogP contribution in [0.3, 0.4) is 0 Å². The molecule has 1 aliphatic rings. The third-order valence-corrected chi connectivity index (χ3v) is 6.03. The molecular weight excluding hydrogens is 334 g/mol. The van der Waals surface area contributed by atoms with Crippen LogP contribution in [0.1, 0.15) is 39.4 Å². The highest BCUT2D eigenvalue weighted by Crippen LogP contribution is 2.43. The van der Waals surface area contributed by atoms with Crippen molar-refractivity contribution >= 4 is 27.3 Å². The van der Waals surface area contributed by atoms with E-state index in [-0.39, 0.29) is 6.10 Å². The van der Waals surface area contributed by atoms with Crippen LogP contribution in [0, 0.1) is 13.8 Å². The summed E-state index contributed by atoms with van der Waals surface area (Å²) >= 11 is 5.41. The number of halogens is 1. The van der Waals surface area contributed by atoms with Gasteiger partial charge in [-0.25, -0.2) is 0 Å². The number of benzene rings is 1. The first kappa shape index (κ1) is 14.1. The van der Waals surface area contributed by atoms with Crippen molar-refractivity contribution in [3.8, 4) is 5.75 Å². The van der Waals surface area contributed by atoms with E-state index in [1.807, 2.05) is 18.4 Å². The SMILES string of the molecule is CNC1CC(c2cc(Br)c(C)s2)Oc2ccc(C)cc21. The molecule has 1 aliphatic heterocycles. The third kappa shape index (κ3) is 2.52. The maximum atomic E-state index is 6.22. The summed E-state index contributed by atoms with van der Waals surface area (Å²) in [5, 5.41) is 3.42. The standard InChI is InChI=1S/C16H18BrNOS/c1-9-4-5-14-11(6-9)13(18-3)8-15(19-14)16-7-12(17)10(2)20-16/h4-7,13,15,18H,8H2,1-3H3. The fourth-order valence-corrected chi connectivity index (χ4v) is 4.28. The molecule has 2 unspecified atom stereocenters. The van der Waals surface area contributed by atoms with Gasteiger partial charge in [-0.1, -0.05) is 17.7 Å². The van der Waals surface area contributed by atoms with Gasteiger partial charge in [-0.15, -0.1) is 11.3 Å². The van der Waals surface area contributed by atoms with Crippen LogP contribution < -0.4 is 10.1 Å². The molecule has 1 aromatic heterocycles. The van der Waals surface area contributed by atoms with Crippen LogP contribution in [0.25, 0.3) is 0 Å². The van der Waals surface area contributed by atoms with Crippen LogP contribution >= 0.6 is 27.3 Å². The molecule has 1 aromatic carbocycles. The Balaban J connectivity index is 1.96. The Morgan fingerprint density at radius 1 is 1.30 bits per heavy atom. The molecule has 0 fully saturated rings. The maximum absolute atomic E-state index is 6.22. The molecule has 1 N–H and O–H groups in total. The van der Waals surface area contributed by atoms with Crippen LogP contribution in [0.15, 0.2) is 28.7 Å². The lowest BCUT2D eigenvalue weighted by atomic mass is 9.94. The fourth-order valence-electron chi connectivity index (χ4n) is 2.68. The second-order valence-corrected chi connectivity index (χ2v) is 7.42. The summed E-state index contributed by atoms with van der Waals surface area (Å²) in [6.07, 6.45) is 1.11. The minimum Gasteiger partial charge on any atom is -0.484 e. The monoisotopic (exact) mass is 351 g/mol. The topological polar surface area (TPSA) is 21.3 Å². The van der Waals surface area contributed by atoms with Crippen molar-refractivity contribution in [3.63, 3.8) is 0 Å². The minimum absolute atomic E-state index is 0.137. The molecule has 0 bridgehead atoms. The van der Waals surface area contributed by atoms with Crippen molar-refractivity contribution in [2.24, 2.45) is 0 Å². The average molecular weight is 352 g/mol. The molecule has 3 rings (SSSR count). The van der Waals surface area contributed by atoms with Crippen LogP contribution in [0.5, 0.6) is 5.75 Å². The quantitative estimate of drug-likeness (QED) is 0.829. The number of hydrogen-bond acceptors (Lipinski definition) is 3. The summed E-state index contributed by atoms with van der Waals surface area (Å²) < 4.78 is 7.40. The molecule has 0 spiro atoms. The molecule has 20 heavy (non-hydrogen) atoms. The van der Waals surface area contributed by atoms with E-state index in [2.05, 4.69) is 59.4 Å². The lowest BCUT2D eigenvalue weighted by Gasteiger charge is -2.32. The molecule has 4 heteroatoms.